The topological polar surface area (TPSA) is 83.5 Å². The molecule has 0 bridgehead atoms. The third kappa shape index (κ3) is 4.40. The number of ether oxygens (including phenoxy) is 2. The highest BCUT2D eigenvalue weighted by atomic mass is 16.5. The highest BCUT2D eigenvalue weighted by Gasteiger charge is 2.54. The molecule has 2 aromatic rings. The largest absolute Gasteiger partial charge is 0.497 e. The summed E-state index contributed by atoms with van der Waals surface area (Å²) in [5, 5.41) is 3.10. The van der Waals surface area contributed by atoms with E-state index in [0.717, 1.165) is 37.8 Å². The average Bonchev–Trinajstić information content (AvgIpc) is 3.18. The summed E-state index contributed by atoms with van der Waals surface area (Å²) in [4.78, 5) is 36.0. The number of benzene rings is 2. The van der Waals surface area contributed by atoms with E-state index in [1.807, 2.05) is 41.3 Å². The van der Waals surface area contributed by atoms with Gasteiger partial charge in [-0.05, 0) is 49.9 Å². The number of para-hydroxylation sites is 1. The average molecular weight is 491 g/mol. The number of aliphatic imine (C=N–C) groups is 1. The first-order valence-corrected chi connectivity index (χ1v) is 12.8. The summed E-state index contributed by atoms with van der Waals surface area (Å²) in [6, 6.07) is 14.8. The summed E-state index contributed by atoms with van der Waals surface area (Å²) < 4.78 is 10.9. The summed E-state index contributed by atoms with van der Waals surface area (Å²) >= 11 is 0. The van der Waals surface area contributed by atoms with E-state index in [0.29, 0.717) is 42.4 Å². The number of amides is 3. The van der Waals surface area contributed by atoms with Gasteiger partial charge in [0.25, 0.3) is 5.91 Å². The van der Waals surface area contributed by atoms with Crippen molar-refractivity contribution in [3.63, 3.8) is 0 Å². The predicted molar refractivity (Wildman–Crippen MR) is 139 cm³/mol. The van der Waals surface area contributed by atoms with Crippen LogP contribution in [0.25, 0.3) is 0 Å². The number of urea groups is 1. The highest BCUT2D eigenvalue weighted by Crippen LogP contribution is 2.39. The van der Waals surface area contributed by atoms with E-state index >= 15 is 0 Å². The number of carbonyl (C=O) groups is 2. The van der Waals surface area contributed by atoms with Crippen molar-refractivity contribution in [2.24, 2.45) is 4.99 Å². The number of amidine groups is 1. The molecule has 36 heavy (non-hydrogen) atoms. The zero-order chi connectivity index (χ0) is 25.1. The Labute approximate surface area is 212 Å². The van der Waals surface area contributed by atoms with Crippen molar-refractivity contribution < 1.29 is 19.1 Å². The van der Waals surface area contributed by atoms with E-state index in [-0.39, 0.29) is 18.0 Å². The first-order valence-electron chi connectivity index (χ1n) is 12.8. The molecule has 0 radical (unpaired) electrons. The Kier molecular flexibility index (Phi) is 6.85. The molecule has 3 fully saturated rings. The van der Waals surface area contributed by atoms with E-state index in [2.05, 4.69) is 5.32 Å². The van der Waals surface area contributed by atoms with Gasteiger partial charge in [0.05, 0.1) is 38.1 Å². The molecule has 1 spiro atoms. The van der Waals surface area contributed by atoms with Gasteiger partial charge in [-0.15, -0.1) is 0 Å². The highest BCUT2D eigenvalue weighted by molar-refractivity contribution is 6.19. The smallest absolute Gasteiger partial charge is 0.328 e. The lowest BCUT2D eigenvalue weighted by molar-refractivity contribution is 0.0683. The Balaban J connectivity index is 1.56. The number of likely N-dealkylation sites (tertiary alicyclic amines) is 1. The lowest BCUT2D eigenvalue weighted by Crippen LogP contribution is -2.61. The van der Waals surface area contributed by atoms with Crippen LogP contribution in [0, 0.1) is 0 Å². The molecule has 2 saturated heterocycles. The molecular weight excluding hydrogens is 456 g/mol. The van der Waals surface area contributed by atoms with Crippen LogP contribution in [0.4, 0.5) is 10.5 Å². The van der Waals surface area contributed by atoms with Crippen molar-refractivity contribution >= 4 is 23.5 Å². The molecule has 3 aliphatic rings. The summed E-state index contributed by atoms with van der Waals surface area (Å²) in [5.74, 6) is 1.79. The fraction of sp³-hybridized carbons (Fsp3) is 0.464. The molecule has 8 nitrogen and oxygen atoms in total. The second-order valence-electron chi connectivity index (χ2n) is 9.80. The van der Waals surface area contributed by atoms with Crippen molar-refractivity contribution in [3.05, 3.63) is 54.1 Å². The number of nitrogens with zero attached hydrogens (tertiary/aromatic N) is 3. The van der Waals surface area contributed by atoms with E-state index < -0.39 is 5.54 Å². The molecule has 5 rings (SSSR count). The fourth-order valence-electron chi connectivity index (χ4n) is 5.81. The lowest BCUT2D eigenvalue weighted by Gasteiger charge is -2.44. The summed E-state index contributed by atoms with van der Waals surface area (Å²) in [5.41, 5.74) is 0.483. The van der Waals surface area contributed by atoms with Gasteiger partial charge in [-0.2, -0.15) is 0 Å². The number of methoxy groups -OCH3 is 2. The number of nitrogens with one attached hydrogen (secondary N) is 1. The van der Waals surface area contributed by atoms with Gasteiger partial charge in [-0.25, -0.2) is 4.79 Å². The van der Waals surface area contributed by atoms with Crippen LogP contribution >= 0.6 is 0 Å². The molecule has 2 heterocycles. The Hall–Kier alpha value is -3.55. The van der Waals surface area contributed by atoms with Gasteiger partial charge < -0.3 is 14.4 Å². The number of hydrogen-bond donors (Lipinski definition) is 1. The maximum atomic E-state index is 13.7. The lowest BCUT2D eigenvalue weighted by atomic mass is 9.85. The van der Waals surface area contributed by atoms with E-state index in [1.165, 1.54) is 6.42 Å². The standard InChI is InChI=1S/C28H34N4O4/c1-35-22-13-8-12-21(18-22)32-27(34)30-26(29-20-10-4-3-5-11-20)28(32)16-9-17-31(19-28)25(33)23-14-6-7-15-24(23)36-2/h6-8,12-15,18,20H,3-5,9-11,16-17,19H2,1-2H3,(H,29,30,34). The third-order valence-corrected chi connectivity index (χ3v) is 7.59. The van der Waals surface area contributed by atoms with Gasteiger partial charge in [-0.1, -0.05) is 37.5 Å². The molecule has 3 amide bonds. The van der Waals surface area contributed by atoms with Crippen LogP contribution in [-0.2, 0) is 0 Å². The molecule has 2 aromatic carbocycles. The molecule has 1 unspecified atom stereocenters. The van der Waals surface area contributed by atoms with Crippen LogP contribution in [0.1, 0.15) is 55.3 Å². The molecule has 1 saturated carbocycles. The Morgan fingerprint density at radius 1 is 1.03 bits per heavy atom. The quantitative estimate of drug-likeness (QED) is 0.662. The van der Waals surface area contributed by atoms with E-state index in [1.54, 1.807) is 31.3 Å². The van der Waals surface area contributed by atoms with Crippen LogP contribution in [0.2, 0.25) is 0 Å². The molecule has 1 atom stereocenters. The fourth-order valence-corrected chi connectivity index (χ4v) is 5.81. The van der Waals surface area contributed by atoms with Crippen molar-refractivity contribution in [1.82, 2.24) is 10.2 Å². The Bertz CT molecular complexity index is 1160. The number of carbonyl (C=O) groups excluding carboxylic acids is 2. The molecule has 1 N–H and O–H groups in total. The van der Waals surface area contributed by atoms with E-state index in [9.17, 15) is 9.59 Å². The second-order valence-corrected chi connectivity index (χ2v) is 9.80. The van der Waals surface area contributed by atoms with Crippen molar-refractivity contribution in [2.75, 3.05) is 32.2 Å². The van der Waals surface area contributed by atoms with Crippen LogP contribution in [0.3, 0.4) is 0 Å². The minimum atomic E-state index is -0.767. The summed E-state index contributed by atoms with van der Waals surface area (Å²) in [6.07, 6.45) is 7.05. The van der Waals surface area contributed by atoms with Gasteiger partial charge in [-0.3, -0.25) is 20.0 Å². The number of hydrogen-bond acceptors (Lipinski definition) is 5. The van der Waals surface area contributed by atoms with Crippen LogP contribution in [0.15, 0.2) is 53.5 Å². The number of piperidine rings is 1. The third-order valence-electron chi connectivity index (χ3n) is 7.59. The molecule has 0 aromatic heterocycles. The summed E-state index contributed by atoms with van der Waals surface area (Å²) in [6.45, 7) is 0.959. The minimum absolute atomic E-state index is 0.103. The monoisotopic (exact) mass is 490 g/mol. The zero-order valence-corrected chi connectivity index (χ0v) is 21.0. The van der Waals surface area contributed by atoms with E-state index in [4.69, 9.17) is 14.5 Å². The number of rotatable bonds is 5. The van der Waals surface area contributed by atoms with Crippen LogP contribution in [0.5, 0.6) is 11.5 Å². The molecular formula is C28H34N4O4. The van der Waals surface area contributed by atoms with Gasteiger partial charge in [0, 0.05) is 12.6 Å². The molecule has 1 aliphatic carbocycles. The number of anilines is 1. The minimum Gasteiger partial charge on any atom is -0.497 e. The van der Waals surface area contributed by atoms with Crippen LogP contribution < -0.4 is 19.7 Å². The SMILES string of the molecule is COc1cccc(N2C(=O)NC(=NC3CCCCC3)C23CCCN(C(=O)c2ccccc2OC)C3)c1. The predicted octanol–water partition coefficient (Wildman–Crippen LogP) is 4.64. The van der Waals surface area contributed by atoms with Crippen molar-refractivity contribution in [3.8, 4) is 11.5 Å². The van der Waals surface area contributed by atoms with Gasteiger partial charge >= 0.3 is 6.03 Å². The van der Waals surface area contributed by atoms with Gasteiger partial charge in [0.1, 0.15) is 22.9 Å². The Morgan fingerprint density at radius 2 is 1.83 bits per heavy atom. The maximum Gasteiger partial charge on any atom is 0.328 e. The Morgan fingerprint density at radius 3 is 2.61 bits per heavy atom. The first-order chi connectivity index (χ1) is 17.6. The summed E-state index contributed by atoms with van der Waals surface area (Å²) in [7, 11) is 3.19. The van der Waals surface area contributed by atoms with Crippen molar-refractivity contribution in [1.29, 1.82) is 0 Å². The molecule has 2 aliphatic heterocycles. The second kappa shape index (κ2) is 10.2. The normalized spacial score (nSPS) is 23.7. The van der Waals surface area contributed by atoms with Crippen LogP contribution in [-0.4, -0.2) is 61.6 Å². The maximum absolute atomic E-state index is 13.7. The molecule has 8 heteroatoms. The zero-order valence-electron chi connectivity index (χ0n) is 21.0. The van der Waals surface area contributed by atoms with Crippen molar-refractivity contribution in [2.45, 2.75) is 56.5 Å². The van der Waals surface area contributed by atoms with Gasteiger partial charge in [0.2, 0.25) is 0 Å². The molecule has 190 valence electrons. The van der Waals surface area contributed by atoms with Gasteiger partial charge in [0.15, 0.2) is 0 Å². The first kappa shape index (κ1) is 24.2.